The van der Waals surface area contributed by atoms with Gasteiger partial charge in [-0.1, -0.05) is 42.6 Å². The Bertz CT molecular complexity index is 428. The van der Waals surface area contributed by atoms with Crippen molar-refractivity contribution in [1.29, 1.82) is 0 Å². The summed E-state index contributed by atoms with van der Waals surface area (Å²) < 4.78 is 6.55. The van der Waals surface area contributed by atoms with Crippen molar-refractivity contribution in [2.24, 2.45) is 5.92 Å². The lowest BCUT2D eigenvalue weighted by atomic mass is 10.0. The second-order valence-electron chi connectivity index (χ2n) is 4.42. The van der Waals surface area contributed by atoms with Gasteiger partial charge in [-0.25, -0.2) is 0 Å². The van der Waals surface area contributed by atoms with Gasteiger partial charge < -0.3 is 10.5 Å². The smallest absolute Gasteiger partial charge is 0.163 e. The summed E-state index contributed by atoms with van der Waals surface area (Å²) >= 11 is 3.34. The van der Waals surface area contributed by atoms with E-state index in [0.717, 1.165) is 17.3 Å². The molecule has 18 heavy (non-hydrogen) atoms. The van der Waals surface area contributed by atoms with Crippen LogP contribution in [0.1, 0.15) is 44.0 Å². The summed E-state index contributed by atoms with van der Waals surface area (Å²) in [5, 5.41) is 0. The van der Waals surface area contributed by atoms with E-state index in [2.05, 4.69) is 29.8 Å². The second kappa shape index (κ2) is 6.78. The monoisotopic (exact) mass is 313 g/mol. The van der Waals surface area contributed by atoms with Crippen LogP contribution in [0.2, 0.25) is 0 Å². The molecule has 0 amide bonds. The summed E-state index contributed by atoms with van der Waals surface area (Å²) in [6.45, 7) is 6.38. The highest BCUT2D eigenvalue weighted by atomic mass is 79.9. The molecular formula is C14H20BrNO2. The molecule has 0 aromatic heterocycles. The molecule has 0 radical (unpaired) electrons. The van der Waals surface area contributed by atoms with Crippen LogP contribution in [0.5, 0.6) is 5.75 Å². The predicted octanol–water partition coefficient (Wildman–Crippen LogP) is 4.05. The zero-order chi connectivity index (χ0) is 13.7. The lowest BCUT2D eigenvalue weighted by molar-refractivity contribution is 0.101. The van der Waals surface area contributed by atoms with Crippen LogP contribution < -0.4 is 10.5 Å². The zero-order valence-electron chi connectivity index (χ0n) is 11.1. The van der Waals surface area contributed by atoms with Crippen LogP contribution in [-0.2, 0) is 0 Å². The SMILES string of the molecule is CCC(CC)COc1c(N)cc(Br)cc1C(C)=O. The molecule has 0 spiro atoms. The van der Waals surface area contributed by atoms with E-state index in [1.807, 2.05) is 0 Å². The van der Waals surface area contributed by atoms with Crippen molar-refractivity contribution < 1.29 is 9.53 Å². The molecule has 2 N–H and O–H groups in total. The number of anilines is 1. The molecule has 0 aliphatic carbocycles. The van der Waals surface area contributed by atoms with E-state index >= 15 is 0 Å². The van der Waals surface area contributed by atoms with Crippen molar-refractivity contribution in [3.05, 3.63) is 22.2 Å². The standard InChI is InChI=1S/C14H20BrNO2/c1-4-10(5-2)8-18-14-12(9(3)17)6-11(15)7-13(14)16/h6-7,10H,4-5,8,16H2,1-3H3. The number of nitrogen functional groups attached to an aromatic ring is 1. The maximum atomic E-state index is 11.6. The first-order valence-electron chi connectivity index (χ1n) is 6.22. The largest absolute Gasteiger partial charge is 0.490 e. The van der Waals surface area contributed by atoms with Crippen molar-refractivity contribution in [1.82, 2.24) is 0 Å². The number of rotatable bonds is 6. The minimum absolute atomic E-state index is 0.0393. The Kier molecular flexibility index (Phi) is 5.66. The fraction of sp³-hybridized carbons (Fsp3) is 0.500. The molecule has 0 atom stereocenters. The first kappa shape index (κ1) is 15.0. The maximum Gasteiger partial charge on any atom is 0.163 e. The molecule has 4 heteroatoms. The zero-order valence-corrected chi connectivity index (χ0v) is 12.7. The number of benzene rings is 1. The normalized spacial score (nSPS) is 10.7. The Morgan fingerprint density at radius 3 is 2.50 bits per heavy atom. The van der Waals surface area contributed by atoms with Crippen LogP contribution in [0.3, 0.4) is 0 Å². The number of Topliss-reactive ketones (excluding diaryl/α,β-unsaturated/α-hetero) is 1. The summed E-state index contributed by atoms with van der Waals surface area (Å²) in [6.07, 6.45) is 2.12. The van der Waals surface area contributed by atoms with Gasteiger partial charge in [-0.05, 0) is 25.0 Å². The van der Waals surface area contributed by atoms with Gasteiger partial charge in [-0.2, -0.15) is 0 Å². The molecule has 1 aromatic carbocycles. The Morgan fingerprint density at radius 2 is 2.00 bits per heavy atom. The molecular weight excluding hydrogens is 294 g/mol. The van der Waals surface area contributed by atoms with E-state index in [-0.39, 0.29) is 5.78 Å². The van der Waals surface area contributed by atoms with Gasteiger partial charge in [-0.15, -0.1) is 0 Å². The quantitative estimate of drug-likeness (QED) is 0.636. The van der Waals surface area contributed by atoms with Gasteiger partial charge >= 0.3 is 0 Å². The van der Waals surface area contributed by atoms with E-state index in [9.17, 15) is 4.79 Å². The van der Waals surface area contributed by atoms with Gasteiger partial charge in [0.25, 0.3) is 0 Å². The Balaban J connectivity index is 2.96. The summed E-state index contributed by atoms with van der Waals surface area (Å²) in [7, 11) is 0. The molecule has 0 heterocycles. The van der Waals surface area contributed by atoms with Crippen LogP contribution in [0, 0.1) is 5.92 Å². The maximum absolute atomic E-state index is 11.6. The summed E-state index contributed by atoms with van der Waals surface area (Å²) in [6, 6.07) is 3.51. The molecule has 0 unspecified atom stereocenters. The fourth-order valence-electron chi connectivity index (χ4n) is 1.76. The molecule has 100 valence electrons. The van der Waals surface area contributed by atoms with Crippen LogP contribution in [0.25, 0.3) is 0 Å². The van der Waals surface area contributed by atoms with Crippen LogP contribution in [0.15, 0.2) is 16.6 Å². The average molecular weight is 314 g/mol. The summed E-state index contributed by atoms with van der Waals surface area (Å²) in [4.78, 5) is 11.6. The van der Waals surface area contributed by atoms with E-state index in [0.29, 0.717) is 29.5 Å². The average Bonchev–Trinajstić information content (AvgIpc) is 2.31. The highest BCUT2D eigenvalue weighted by Gasteiger charge is 2.15. The van der Waals surface area contributed by atoms with Gasteiger partial charge in [0.1, 0.15) is 0 Å². The third kappa shape index (κ3) is 3.73. The van der Waals surface area contributed by atoms with Gasteiger partial charge in [0.2, 0.25) is 0 Å². The molecule has 0 saturated carbocycles. The number of carbonyl (C=O) groups is 1. The van der Waals surface area contributed by atoms with Gasteiger partial charge in [0.15, 0.2) is 11.5 Å². The van der Waals surface area contributed by atoms with Gasteiger partial charge in [0.05, 0.1) is 17.9 Å². The molecule has 1 rings (SSSR count). The van der Waals surface area contributed by atoms with E-state index < -0.39 is 0 Å². The van der Waals surface area contributed by atoms with Gasteiger partial charge in [0, 0.05) is 4.47 Å². The van der Waals surface area contributed by atoms with Gasteiger partial charge in [-0.3, -0.25) is 4.79 Å². The molecule has 0 saturated heterocycles. The second-order valence-corrected chi connectivity index (χ2v) is 5.34. The van der Waals surface area contributed by atoms with E-state index in [1.165, 1.54) is 6.92 Å². The number of hydrogen-bond acceptors (Lipinski definition) is 3. The molecule has 0 aliphatic heterocycles. The Hall–Kier alpha value is -1.03. The van der Waals surface area contributed by atoms with Crippen molar-refractivity contribution in [2.45, 2.75) is 33.6 Å². The highest BCUT2D eigenvalue weighted by Crippen LogP contribution is 2.31. The molecule has 0 bridgehead atoms. The van der Waals surface area contributed by atoms with Crippen molar-refractivity contribution >= 4 is 27.4 Å². The predicted molar refractivity (Wildman–Crippen MR) is 78.1 cm³/mol. The third-order valence-electron chi connectivity index (χ3n) is 3.08. The highest BCUT2D eigenvalue weighted by molar-refractivity contribution is 9.10. The molecule has 3 nitrogen and oxygen atoms in total. The third-order valence-corrected chi connectivity index (χ3v) is 3.54. The first-order valence-corrected chi connectivity index (χ1v) is 7.01. The summed E-state index contributed by atoms with van der Waals surface area (Å²) in [5.74, 6) is 0.966. The number of ketones is 1. The van der Waals surface area contributed by atoms with Crippen molar-refractivity contribution in [2.75, 3.05) is 12.3 Å². The fourth-order valence-corrected chi connectivity index (χ4v) is 2.24. The Labute approximate surface area is 117 Å². The number of halogens is 1. The van der Waals surface area contributed by atoms with E-state index in [4.69, 9.17) is 10.5 Å². The lowest BCUT2D eigenvalue weighted by Gasteiger charge is -2.17. The minimum Gasteiger partial charge on any atom is -0.490 e. The Morgan fingerprint density at radius 1 is 1.39 bits per heavy atom. The lowest BCUT2D eigenvalue weighted by Crippen LogP contribution is -2.13. The van der Waals surface area contributed by atoms with E-state index in [1.54, 1.807) is 12.1 Å². The van der Waals surface area contributed by atoms with Crippen LogP contribution >= 0.6 is 15.9 Å². The number of ether oxygens (including phenoxy) is 1. The van der Waals surface area contributed by atoms with Crippen molar-refractivity contribution in [3.63, 3.8) is 0 Å². The number of hydrogen-bond donors (Lipinski definition) is 1. The molecule has 1 aromatic rings. The first-order chi connectivity index (χ1) is 8.49. The number of nitrogens with two attached hydrogens (primary N) is 1. The number of carbonyl (C=O) groups excluding carboxylic acids is 1. The summed E-state index contributed by atoms with van der Waals surface area (Å²) in [5.41, 5.74) is 6.96. The van der Waals surface area contributed by atoms with Crippen LogP contribution in [0.4, 0.5) is 5.69 Å². The minimum atomic E-state index is -0.0393. The van der Waals surface area contributed by atoms with Crippen molar-refractivity contribution in [3.8, 4) is 5.75 Å². The van der Waals surface area contributed by atoms with Crippen LogP contribution in [-0.4, -0.2) is 12.4 Å². The topological polar surface area (TPSA) is 52.3 Å². The molecule has 0 fully saturated rings. The molecule has 0 aliphatic rings.